The highest BCUT2D eigenvalue weighted by Gasteiger charge is 2.26. The van der Waals surface area contributed by atoms with Crippen LogP contribution >= 0.6 is 0 Å². The molecule has 130 valence electrons. The van der Waals surface area contributed by atoms with E-state index >= 15 is 0 Å². The molecule has 0 spiro atoms. The first-order valence-corrected chi connectivity index (χ1v) is 7.88. The summed E-state index contributed by atoms with van der Waals surface area (Å²) in [6.45, 7) is 3.64. The largest absolute Gasteiger partial charge is 0.383 e. The summed E-state index contributed by atoms with van der Waals surface area (Å²) in [5, 5.41) is 21.1. The van der Waals surface area contributed by atoms with Gasteiger partial charge in [0.05, 0.1) is 12.7 Å². The number of aliphatic hydroxyl groups is 1. The van der Waals surface area contributed by atoms with E-state index in [0.29, 0.717) is 11.3 Å². The molecular weight excluding hydrogens is 320 g/mol. The molecule has 0 radical (unpaired) electrons. The van der Waals surface area contributed by atoms with Gasteiger partial charge in [0, 0.05) is 30.4 Å². The second kappa shape index (κ2) is 6.52. The molecule has 0 fully saturated rings. The van der Waals surface area contributed by atoms with Gasteiger partial charge in [-0.05, 0) is 13.8 Å². The number of nitrogens with zero attached hydrogens (tertiary/aromatic N) is 3. The van der Waals surface area contributed by atoms with E-state index in [1.54, 1.807) is 37.1 Å². The van der Waals surface area contributed by atoms with Crippen LogP contribution in [0.3, 0.4) is 0 Å². The quantitative estimate of drug-likeness (QED) is 0.741. The van der Waals surface area contributed by atoms with Crippen molar-refractivity contribution in [2.45, 2.75) is 19.4 Å². The van der Waals surface area contributed by atoms with E-state index < -0.39 is 11.5 Å². The summed E-state index contributed by atoms with van der Waals surface area (Å²) in [6, 6.07) is 9.35. The summed E-state index contributed by atoms with van der Waals surface area (Å²) in [5.41, 5.74) is 1.99. The molecule has 0 aliphatic rings. The van der Waals surface area contributed by atoms with Crippen LogP contribution < -0.4 is 5.32 Å². The first-order chi connectivity index (χ1) is 11.8. The third kappa shape index (κ3) is 3.77. The molecule has 2 N–H and O–H groups in total. The highest BCUT2D eigenvalue weighted by atomic mass is 16.5. The van der Waals surface area contributed by atoms with Crippen LogP contribution in [0.15, 0.2) is 47.2 Å². The van der Waals surface area contributed by atoms with Crippen LogP contribution in [0.1, 0.15) is 28.6 Å². The monoisotopic (exact) mass is 340 g/mol. The van der Waals surface area contributed by atoms with Gasteiger partial charge in [-0.15, -0.1) is 0 Å². The molecule has 1 aromatic carbocycles. The van der Waals surface area contributed by atoms with Gasteiger partial charge in [-0.2, -0.15) is 5.10 Å². The molecule has 1 atom stereocenters. The molecule has 1 unspecified atom stereocenters. The summed E-state index contributed by atoms with van der Waals surface area (Å²) < 4.78 is 6.72. The minimum atomic E-state index is -1.23. The second-order valence-electron chi connectivity index (χ2n) is 6.30. The highest BCUT2D eigenvalue weighted by molar-refractivity contribution is 5.92. The lowest BCUT2D eigenvalue weighted by molar-refractivity contribution is 0.0516. The molecule has 7 nitrogen and oxygen atoms in total. The Morgan fingerprint density at radius 1 is 1.36 bits per heavy atom. The van der Waals surface area contributed by atoms with Gasteiger partial charge in [-0.25, -0.2) is 0 Å². The number of hydrogen-bond acceptors (Lipinski definition) is 5. The Hall–Kier alpha value is -2.93. The van der Waals surface area contributed by atoms with Gasteiger partial charge in [0.1, 0.15) is 11.3 Å². The zero-order chi connectivity index (χ0) is 18.0. The van der Waals surface area contributed by atoms with Gasteiger partial charge < -0.3 is 14.9 Å². The number of aryl methyl sites for hydroxylation is 2. The Morgan fingerprint density at radius 2 is 2.08 bits per heavy atom. The maximum atomic E-state index is 12.2. The molecule has 0 bridgehead atoms. The topological polar surface area (TPSA) is 93.2 Å². The lowest BCUT2D eigenvalue weighted by Gasteiger charge is -2.21. The summed E-state index contributed by atoms with van der Waals surface area (Å²) >= 11 is 0. The van der Waals surface area contributed by atoms with Crippen LogP contribution in [0.2, 0.25) is 0 Å². The minimum absolute atomic E-state index is 0.0259. The molecule has 3 aromatic rings. The molecule has 3 rings (SSSR count). The Balaban J connectivity index is 1.67. The molecule has 2 aromatic heterocycles. The molecule has 0 aliphatic carbocycles. The van der Waals surface area contributed by atoms with Crippen molar-refractivity contribution in [1.29, 1.82) is 0 Å². The van der Waals surface area contributed by atoms with Gasteiger partial charge >= 0.3 is 0 Å². The standard InChI is InChI=1S/C18H20N4O3/c1-12-4-6-13(7-5-12)15-8-16(25-21-15)17(23)19-11-18(2,24)14-9-20-22(3)10-14/h4-10,24H,11H2,1-3H3,(H,19,23). The van der Waals surface area contributed by atoms with Gasteiger partial charge in [-0.1, -0.05) is 35.0 Å². The van der Waals surface area contributed by atoms with E-state index in [2.05, 4.69) is 15.6 Å². The van der Waals surface area contributed by atoms with Crippen molar-refractivity contribution in [3.63, 3.8) is 0 Å². The zero-order valence-corrected chi connectivity index (χ0v) is 14.4. The zero-order valence-electron chi connectivity index (χ0n) is 14.4. The summed E-state index contributed by atoms with van der Waals surface area (Å²) in [5.74, 6) is -0.340. The number of carbonyl (C=O) groups excluding carboxylic acids is 1. The average molecular weight is 340 g/mol. The third-order valence-corrected chi connectivity index (χ3v) is 4.00. The molecular formula is C18H20N4O3. The number of rotatable bonds is 5. The molecule has 7 heteroatoms. The van der Waals surface area contributed by atoms with Crippen LogP contribution in [0.25, 0.3) is 11.3 Å². The Kier molecular flexibility index (Phi) is 4.41. The molecule has 25 heavy (non-hydrogen) atoms. The van der Waals surface area contributed by atoms with Gasteiger partial charge in [-0.3, -0.25) is 9.48 Å². The van der Waals surface area contributed by atoms with Crippen molar-refractivity contribution < 1.29 is 14.4 Å². The maximum absolute atomic E-state index is 12.2. The van der Waals surface area contributed by atoms with E-state index in [1.165, 1.54) is 0 Å². The summed E-state index contributed by atoms with van der Waals surface area (Å²) in [6.07, 6.45) is 3.27. The fraction of sp³-hybridized carbons (Fsp3) is 0.278. The van der Waals surface area contributed by atoms with Crippen LogP contribution in [-0.4, -0.2) is 32.5 Å². The van der Waals surface area contributed by atoms with Crippen molar-refractivity contribution in [1.82, 2.24) is 20.3 Å². The SMILES string of the molecule is Cc1ccc(-c2cc(C(=O)NCC(C)(O)c3cnn(C)c3)on2)cc1. The van der Waals surface area contributed by atoms with Crippen LogP contribution in [0, 0.1) is 6.92 Å². The van der Waals surface area contributed by atoms with E-state index in [1.807, 2.05) is 31.2 Å². The van der Waals surface area contributed by atoms with E-state index in [0.717, 1.165) is 11.1 Å². The Morgan fingerprint density at radius 3 is 2.72 bits per heavy atom. The van der Waals surface area contributed by atoms with E-state index in [9.17, 15) is 9.90 Å². The normalized spacial score (nSPS) is 13.4. The number of amides is 1. The van der Waals surface area contributed by atoms with Gasteiger partial charge in [0.15, 0.2) is 0 Å². The minimum Gasteiger partial charge on any atom is -0.383 e. The maximum Gasteiger partial charge on any atom is 0.290 e. The van der Waals surface area contributed by atoms with Crippen molar-refractivity contribution in [2.24, 2.45) is 7.05 Å². The average Bonchev–Trinajstić information content (AvgIpc) is 3.23. The predicted octanol–water partition coefficient (Wildman–Crippen LogP) is 2.02. The van der Waals surface area contributed by atoms with E-state index in [4.69, 9.17) is 4.52 Å². The fourth-order valence-corrected chi connectivity index (χ4v) is 2.38. The molecule has 1 amide bonds. The summed E-state index contributed by atoms with van der Waals surface area (Å²) in [7, 11) is 1.76. The highest BCUT2D eigenvalue weighted by Crippen LogP contribution is 2.21. The predicted molar refractivity (Wildman–Crippen MR) is 91.8 cm³/mol. The fourth-order valence-electron chi connectivity index (χ4n) is 2.38. The van der Waals surface area contributed by atoms with Gasteiger partial charge in [0.25, 0.3) is 5.91 Å². The van der Waals surface area contributed by atoms with Gasteiger partial charge in [0.2, 0.25) is 5.76 Å². The van der Waals surface area contributed by atoms with Crippen LogP contribution in [0.5, 0.6) is 0 Å². The molecule has 2 heterocycles. The number of hydrogen-bond donors (Lipinski definition) is 2. The van der Waals surface area contributed by atoms with E-state index in [-0.39, 0.29) is 12.3 Å². The Labute approximate surface area is 145 Å². The first-order valence-electron chi connectivity index (χ1n) is 7.88. The van der Waals surface area contributed by atoms with Crippen LogP contribution in [0.4, 0.5) is 0 Å². The molecule has 0 saturated heterocycles. The number of carbonyl (C=O) groups is 1. The second-order valence-corrected chi connectivity index (χ2v) is 6.30. The third-order valence-electron chi connectivity index (χ3n) is 4.00. The van der Waals surface area contributed by atoms with Crippen molar-refractivity contribution in [2.75, 3.05) is 6.54 Å². The molecule has 0 saturated carbocycles. The molecule has 0 aliphatic heterocycles. The number of nitrogens with one attached hydrogen (secondary N) is 1. The van der Waals surface area contributed by atoms with Crippen molar-refractivity contribution in [3.8, 4) is 11.3 Å². The lowest BCUT2D eigenvalue weighted by Crippen LogP contribution is -2.38. The lowest BCUT2D eigenvalue weighted by atomic mass is 10.00. The van der Waals surface area contributed by atoms with Crippen molar-refractivity contribution >= 4 is 5.91 Å². The first kappa shape index (κ1) is 16.9. The summed E-state index contributed by atoms with van der Waals surface area (Å²) in [4.78, 5) is 12.2. The van der Waals surface area contributed by atoms with Crippen molar-refractivity contribution in [3.05, 3.63) is 59.6 Å². The Bertz CT molecular complexity index is 878. The number of aromatic nitrogens is 3. The smallest absolute Gasteiger partial charge is 0.290 e. The van der Waals surface area contributed by atoms with Crippen LogP contribution in [-0.2, 0) is 12.6 Å². The number of benzene rings is 1.